The van der Waals surface area contributed by atoms with Crippen LogP contribution in [0.2, 0.25) is 5.02 Å². The van der Waals surface area contributed by atoms with Crippen LogP contribution < -0.4 is 19.7 Å². The number of rotatable bonds is 6. The second-order valence-corrected chi connectivity index (χ2v) is 8.68. The van der Waals surface area contributed by atoms with E-state index in [-0.39, 0.29) is 25.0 Å². The number of nitrogens with zero attached hydrogens (tertiary/aromatic N) is 2. The topological polar surface area (TPSA) is 71.1 Å². The molecule has 2 heterocycles. The van der Waals surface area contributed by atoms with Crippen molar-refractivity contribution in [2.75, 3.05) is 17.0 Å². The van der Waals surface area contributed by atoms with Crippen LogP contribution in [0.4, 0.5) is 11.4 Å². The van der Waals surface area contributed by atoms with Crippen molar-refractivity contribution in [1.82, 2.24) is 4.90 Å². The first-order valence-electron chi connectivity index (χ1n) is 10.6. The first-order chi connectivity index (χ1) is 16.5. The number of ether oxygens (including phenoxy) is 2. The summed E-state index contributed by atoms with van der Waals surface area (Å²) in [7, 11) is 0. The van der Waals surface area contributed by atoms with E-state index in [9.17, 15) is 9.59 Å². The van der Waals surface area contributed by atoms with Crippen LogP contribution in [0.15, 0.2) is 72.8 Å². The van der Waals surface area contributed by atoms with Crippen molar-refractivity contribution in [3.8, 4) is 11.5 Å². The van der Waals surface area contributed by atoms with Gasteiger partial charge in [0.25, 0.3) is 5.91 Å². The van der Waals surface area contributed by atoms with E-state index >= 15 is 0 Å². The van der Waals surface area contributed by atoms with Gasteiger partial charge in [-0.1, -0.05) is 35.9 Å². The maximum Gasteiger partial charge on any atom is 0.256 e. The molecule has 172 valence electrons. The van der Waals surface area contributed by atoms with E-state index in [1.807, 2.05) is 48.5 Å². The maximum absolute atomic E-state index is 13.5. The number of nitrogens with one attached hydrogen (secondary N) is 1. The van der Waals surface area contributed by atoms with Crippen molar-refractivity contribution >= 4 is 52.1 Å². The Morgan fingerprint density at radius 2 is 1.76 bits per heavy atom. The number of hydrogen-bond acceptors (Lipinski definition) is 5. The molecule has 0 bridgehead atoms. The van der Waals surface area contributed by atoms with E-state index in [1.54, 1.807) is 29.2 Å². The molecule has 1 fully saturated rings. The lowest BCUT2D eigenvalue weighted by Gasteiger charge is -2.24. The van der Waals surface area contributed by atoms with E-state index in [0.29, 0.717) is 39.6 Å². The predicted octanol–water partition coefficient (Wildman–Crippen LogP) is 4.60. The number of carbonyl (C=O) groups excluding carboxylic acids is 2. The quantitative estimate of drug-likeness (QED) is 0.506. The smallest absolute Gasteiger partial charge is 0.256 e. The molecule has 1 saturated heterocycles. The van der Waals surface area contributed by atoms with E-state index in [4.69, 9.17) is 33.3 Å². The minimum Gasteiger partial charge on any atom is -0.454 e. The lowest BCUT2D eigenvalue weighted by atomic mass is 10.1. The van der Waals surface area contributed by atoms with Crippen LogP contribution in [0.25, 0.3) is 0 Å². The molecule has 3 aromatic carbocycles. The molecule has 2 amide bonds. The van der Waals surface area contributed by atoms with Gasteiger partial charge in [0.1, 0.15) is 6.04 Å². The van der Waals surface area contributed by atoms with Gasteiger partial charge in [-0.05, 0) is 66.3 Å². The fourth-order valence-corrected chi connectivity index (χ4v) is 4.50. The van der Waals surface area contributed by atoms with Crippen LogP contribution in [-0.4, -0.2) is 34.7 Å². The van der Waals surface area contributed by atoms with E-state index in [0.717, 1.165) is 5.56 Å². The molecule has 1 atom stereocenters. The molecule has 0 unspecified atom stereocenters. The second kappa shape index (κ2) is 9.32. The Balaban J connectivity index is 1.40. The highest BCUT2D eigenvalue weighted by Crippen LogP contribution is 2.34. The van der Waals surface area contributed by atoms with Gasteiger partial charge in [0.15, 0.2) is 16.6 Å². The average Bonchev–Trinajstić information content (AvgIpc) is 3.39. The van der Waals surface area contributed by atoms with Gasteiger partial charge in [-0.3, -0.25) is 14.5 Å². The fourth-order valence-electron chi connectivity index (χ4n) is 3.99. The maximum atomic E-state index is 13.5. The molecule has 3 aromatic rings. The monoisotopic (exact) mass is 493 g/mol. The molecule has 2 aliphatic rings. The summed E-state index contributed by atoms with van der Waals surface area (Å²) in [5, 5.41) is 3.75. The van der Waals surface area contributed by atoms with Crippen molar-refractivity contribution in [3.05, 3.63) is 83.4 Å². The van der Waals surface area contributed by atoms with Gasteiger partial charge >= 0.3 is 0 Å². The van der Waals surface area contributed by atoms with Crippen LogP contribution in [0.5, 0.6) is 11.5 Å². The van der Waals surface area contributed by atoms with Gasteiger partial charge in [-0.25, -0.2) is 0 Å². The normalized spacial score (nSPS) is 16.8. The molecule has 0 spiro atoms. The molecule has 7 nitrogen and oxygen atoms in total. The highest BCUT2D eigenvalue weighted by atomic mass is 35.5. The van der Waals surface area contributed by atoms with Crippen LogP contribution in [-0.2, 0) is 16.1 Å². The zero-order chi connectivity index (χ0) is 23.7. The number of thiocarbonyl (C=S) groups is 1. The number of amides is 2. The molecular formula is C25H20ClN3O4S. The van der Waals surface area contributed by atoms with Crippen molar-refractivity contribution in [3.63, 3.8) is 0 Å². The molecule has 0 aliphatic carbocycles. The SMILES string of the molecule is O=C(C[C@H]1C(=O)N(c2ccccc2)C(=S)N1Cc1ccc2c(c1)OCO2)Nc1ccc(Cl)cc1. The van der Waals surface area contributed by atoms with Gasteiger partial charge in [0.2, 0.25) is 12.7 Å². The van der Waals surface area contributed by atoms with Gasteiger partial charge in [-0.15, -0.1) is 0 Å². The molecule has 0 radical (unpaired) electrons. The Hall–Kier alpha value is -3.62. The lowest BCUT2D eigenvalue weighted by molar-refractivity contribution is -0.124. The first-order valence-corrected chi connectivity index (χ1v) is 11.4. The van der Waals surface area contributed by atoms with Crippen molar-refractivity contribution in [2.45, 2.75) is 19.0 Å². The third kappa shape index (κ3) is 4.42. The fraction of sp³-hybridized carbons (Fsp3) is 0.160. The average molecular weight is 494 g/mol. The summed E-state index contributed by atoms with van der Waals surface area (Å²) in [6, 6.07) is 20.8. The summed E-state index contributed by atoms with van der Waals surface area (Å²) in [4.78, 5) is 29.6. The summed E-state index contributed by atoms with van der Waals surface area (Å²) in [5.74, 6) is 0.775. The summed E-state index contributed by atoms with van der Waals surface area (Å²) in [6.45, 7) is 0.512. The first kappa shape index (κ1) is 22.2. The summed E-state index contributed by atoms with van der Waals surface area (Å²) < 4.78 is 10.9. The highest BCUT2D eigenvalue weighted by molar-refractivity contribution is 7.80. The van der Waals surface area contributed by atoms with Crippen molar-refractivity contribution in [1.29, 1.82) is 0 Å². The van der Waals surface area contributed by atoms with Crippen LogP contribution >= 0.6 is 23.8 Å². The van der Waals surface area contributed by atoms with E-state index in [2.05, 4.69) is 5.32 Å². The molecule has 2 aliphatic heterocycles. The van der Waals surface area contributed by atoms with Gasteiger partial charge in [-0.2, -0.15) is 0 Å². The molecule has 0 aromatic heterocycles. The largest absolute Gasteiger partial charge is 0.454 e. The molecular weight excluding hydrogens is 474 g/mol. The highest BCUT2D eigenvalue weighted by Gasteiger charge is 2.44. The minimum absolute atomic E-state index is 0.0600. The standard InChI is InChI=1S/C25H20ClN3O4S/c26-17-7-9-18(10-8-17)27-23(30)13-20-24(31)29(19-4-2-1-3-5-19)25(34)28(20)14-16-6-11-21-22(12-16)33-15-32-21/h1-12,20H,13-15H2,(H,27,30)/t20-/m0/s1. The lowest BCUT2D eigenvalue weighted by Crippen LogP contribution is -2.37. The summed E-state index contributed by atoms with van der Waals surface area (Å²) in [6.07, 6.45) is -0.0600. The number of carbonyl (C=O) groups is 2. The van der Waals surface area contributed by atoms with Crippen molar-refractivity contribution < 1.29 is 19.1 Å². The Bertz CT molecular complexity index is 1250. The van der Waals surface area contributed by atoms with E-state index in [1.165, 1.54) is 4.90 Å². The molecule has 9 heteroatoms. The predicted molar refractivity (Wildman–Crippen MR) is 133 cm³/mol. The van der Waals surface area contributed by atoms with Gasteiger partial charge in [0, 0.05) is 17.3 Å². The Labute approximate surface area is 206 Å². The Morgan fingerprint density at radius 3 is 2.53 bits per heavy atom. The third-order valence-electron chi connectivity index (χ3n) is 5.63. The van der Waals surface area contributed by atoms with Crippen LogP contribution in [0, 0.1) is 0 Å². The molecule has 34 heavy (non-hydrogen) atoms. The summed E-state index contributed by atoms with van der Waals surface area (Å²) in [5.41, 5.74) is 2.15. The zero-order valence-electron chi connectivity index (χ0n) is 17.9. The number of benzene rings is 3. The second-order valence-electron chi connectivity index (χ2n) is 7.88. The molecule has 0 saturated carbocycles. The van der Waals surface area contributed by atoms with Crippen molar-refractivity contribution in [2.24, 2.45) is 0 Å². The minimum atomic E-state index is -0.759. The van der Waals surface area contributed by atoms with Gasteiger partial charge in [0.05, 0.1) is 12.1 Å². The van der Waals surface area contributed by atoms with Gasteiger partial charge < -0.3 is 19.7 Å². The number of anilines is 2. The summed E-state index contributed by atoms with van der Waals surface area (Å²) >= 11 is 11.6. The third-order valence-corrected chi connectivity index (χ3v) is 6.30. The van der Waals surface area contributed by atoms with Crippen LogP contribution in [0.3, 0.4) is 0 Å². The Morgan fingerprint density at radius 1 is 1.03 bits per heavy atom. The molecule has 5 rings (SSSR count). The molecule has 1 N–H and O–H groups in total. The zero-order valence-corrected chi connectivity index (χ0v) is 19.5. The van der Waals surface area contributed by atoms with Crippen LogP contribution in [0.1, 0.15) is 12.0 Å². The Kier molecular flexibility index (Phi) is 6.08. The number of halogens is 1. The van der Waals surface area contributed by atoms with E-state index < -0.39 is 6.04 Å². The number of para-hydroxylation sites is 1. The number of hydrogen-bond donors (Lipinski definition) is 1. The number of fused-ring (bicyclic) bond motifs is 1.